The van der Waals surface area contributed by atoms with Crippen LogP contribution in [-0.2, 0) is 10.2 Å². The zero-order valence-corrected chi connectivity index (χ0v) is 14.4. The van der Waals surface area contributed by atoms with Gasteiger partial charge in [0.25, 0.3) is 0 Å². The molecular weight excluding hydrogens is 308 g/mol. The smallest absolute Gasteiger partial charge is 0.233 e. The van der Waals surface area contributed by atoms with Crippen LogP contribution in [0.3, 0.4) is 0 Å². The van der Waals surface area contributed by atoms with Gasteiger partial charge in [0, 0.05) is 24.2 Å². The van der Waals surface area contributed by atoms with E-state index in [0.29, 0.717) is 11.9 Å². The molecule has 1 aromatic rings. The summed E-state index contributed by atoms with van der Waals surface area (Å²) >= 11 is 6.01. The Bertz CT molecular complexity index is 570. The first-order chi connectivity index (χ1) is 11.2. The van der Waals surface area contributed by atoms with Crippen molar-refractivity contribution < 1.29 is 4.79 Å². The minimum atomic E-state index is -0.266. The highest BCUT2D eigenvalue weighted by Crippen LogP contribution is 2.46. The first-order valence-electron chi connectivity index (χ1n) is 8.98. The Morgan fingerprint density at radius 2 is 1.65 bits per heavy atom. The number of hydrogen-bond acceptors (Lipinski definition) is 2. The average molecular weight is 333 g/mol. The van der Waals surface area contributed by atoms with Gasteiger partial charge in [0.1, 0.15) is 0 Å². The number of nitrogens with zero attached hydrogens (tertiary/aromatic N) is 2. The van der Waals surface area contributed by atoms with Gasteiger partial charge in [0.2, 0.25) is 5.91 Å². The van der Waals surface area contributed by atoms with E-state index >= 15 is 0 Å². The number of carbonyl (C=O) groups excluding carboxylic acids is 1. The van der Waals surface area contributed by atoms with Gasteiger partial charge in [-0.3, -0.25) is 9.69 Å². The predicted molar refractivity (Wildman–Crippen MR) is 92.8 cm³/mol. The molecule has 0 unspecified atom stereocenters. The second-order valence-electron chi connectivity index (χ2n) is 7.40. The van der Waals surface area contributed by atoms with Crippen molar-refractivity contribution in [2.24, 2.45) is 0 Å². The van der Waals surface area contributed by atoms with E-state index < -0.39 is 0 Å². The van der Waals surface area contributed by atoms with Crippen LogP contribution in [0.1, 0.15) is 44.1 Å². The van der Waals surface area contributed by atoms with E-state index in [1.54, 1.807) is 0 Å². The maximum Gasteiger partial charge on any atom is 0.233 e. The van der Waals surface area contributed by atoms with Gasteiger partial charge in [-0.1, -0.05) is 36.6 Å². The molecule has 23 heavy (non-hydrogen) atoms. The van der Waals surface area contributed by atoms with Gasteiger partial charge in [-0.25, -0.2) is 0 Å². The summed E-state index contributed by atoms with van der Waals surface area (Å²) in [5.74, 6) is 0.347. The lowest BCUT2D eigenvalue weighted by Gasteiger charge is -2.52. The van der Waals surface area contributed by atoms with E-state index in [9.17, 15) is 4.79 Å². The number of piperidine rings is 1. The van der Waals surface area contributed by atoms with E-state index in [1.165, 1.54) is 32.4 Å². The van der Waals surface area contributed by atoms with E-state index in [4.69, 9.17) is 11.6 Å². The van der Waals surface area contributed by atoms with E-state index in [2.05, 4.69) is 9.80 Å². The molecule has 2 aliphatic heterocycles. The highest BCUT2D eigenvalue weighted by Gasteiger charge is 2.50. The normalized spacial score (nSPS) is 24.8. The Labute approximate surface area is 143 Å². The highest BCUT2D eigenvalue weighted by atomic mass is 35.5. The van der Waals surface area contributed by atoms with E-state index in [0.717, 1.165) is 42.9 Å². The minimum absolute atomic E-state index is 0.266. The van der Waals surface area contributed by atoms with Gasteiger partial charge in [-0.05, 0) is 56.5 Å². The molecule has 4 heteroatoms. The molecule has 1 saturated carbocycles. The topological polar surface area (TPSA) is 23.6 Å². The zero-order chi connectivity index (χ0) is 15.9. The summed E-state index contributed by atoms with van der Waals surface area (Å²) < 4.78 is 0. The molecule has 1 aromatic carbocycles. The fraction of sp³-hybridized carbons (Fsp3) is 0.632. The second kappa shape index (κ2) is 6.10. The van der Waals surface area contributed by atoms with Gasteiger partial charge >= 0.3 is 0 Å². The van der Waals surface area contributed by atoms with Crippen molar-refractivity contribution in [3.63, 3.8) is 0 Å². The number of carbonyl (C=O) groups is 1. The zero-order valence-electron chi connectivity index (χ0n) is 13.6. The van der Waals surface area contributed by atoms with Crippen LogP contribution < -0.4 is 0 Å². The predicted octanol–water partition coefficient (Wildman–Crippen LogP) is 3.46. The fourth-order valence-electron chi connectivity index (χ4n) is 4.36. The van der Waals surface area contributed by atoms with Gasteiger partial charge in [-0.15, -0.1) is 0 Å². The number of likely N-dealkylation sites (tertiary alicyclic amines) is 2. The summed E-state index contributed by atoms with van der Waals surface area (Å²) in [6.07, 6.45) is 7.12. The first-order valence-corrected chi connectivity index (χ1v) is 9.36. The molecule has 3 aliphatic rings. The molecule has 0 N–H and O–H groups in total. The molecule has 4 rings (SSSR count). The molecular formula is C19H25ClN2O. The summed E-state index contributed by atoms with van der Waals surface area (Å²) in [7, 11) is 0. The summed E-state index contributed by atoms with van der Waals surface area (Å²) in [5, 5.41) is 0.741. The lowest BCUT2D eigenvalue weighted by Crippen LogP contribution is -2.65. The van der Waals surface area contributed by atoms with Crippen LogP contribution in [0.2, 0.25) is 5.02 Å². The molecule has 3 fully saturated rings. The fourth-order valence-corrected chi connectivity index (χ4v) is 4.49. The molecule has 0 bridgehead atoms. The Morgan fingerprint density at radius 1 is 1.00 bits per heavy atom. The Kier molecular flexibility index (Phi) is 4.10. The molecule has 0 atom stereocenters. The van der Waals surface area contributed by atoms with Crippen LogP contribution in [0.25, 0.3) is 0 Å². The molecule has 2 saturated heterocycles. The largest absolute Gasteiger partial charge is 0.339 e. The molecule has 0 spiro atoms. The second-order valence-corrected chi connectivity index (χ2v) is 7.84. The minimum Gasteiger partial charge on any atom is -0.339 e. The third-order valence-electron chi connectivity index (χ3n) is 6.07. The van der Waals surface area contributed by atoms with Gasteiger partial charge in [0.05, 0.1) is 5.41 Å². The summed E-state index contributed by atoms with van der Waals surface area (Å²) in [4.78, 5) is 17.8. The van der Waals surface area contributed by atoms with Crippen molar-refractivity contribution in [3.8, 4) is 0 Å². The van der Waals surface area contributed by atoms with Crippen molar-refractivity contribution in [1.29, 1.82) is 0 Å². The Hall–Kier alpha value is -1.06. The van der Waals surface area contributed by atoms with Crippen LogP contribution in [0.4, 0.5) is 0 Å². The van der Waals surface area contributed by atoms with Crippen LogP contribution in [-0.4, -0.2) is 47.9 Å². The van der Waals surface area contributed by atoms with Crippen molar-refractivity contribution in [3.05, 3.63) is 34.9 Å². The van der Waals surface area contributed by atoms with Crippen molar-refractivity contribution >= 4 is 17.5 Å². The first kappa shape index (κ1) is 15.5. The standard InChI is InChI=1S/C19H25ClN2O/c20-16-7-5-15(6-8-16)19(9-4-10-19)18(23)22-13-17(14-22)21-11-2-1-3-12-21/h5-8,17H,1-4,9-14H2. The summed E-state index contributed by atoms with van der Waals surface area (Å²) in [5.41, 5.74) is 0.886. The van der Waals surface area contributed by atoms with Crippen molar-refractivity contribution in [2.75, 3.05) is 26.2 Å². The number of amides is 1. The third kappa shape index (κ3) is 2.68. The summed E-state index contributed by atoms with van der Waals surface area (Å²) in [6.45, 7) is 4.28. The average Bonchev–Trinajstić information content (AvgIpc) is 2.48. The van der Waals surface area contributed by atoms with Crippen LogP contribution in [0.15, 0.2) is 24.3 Å². The van der Waals surface area contributed by atoms with Gasteiger partial charge < -0.3 is 4.90 Å². The Balaban J connectivity index is 1.43. The van der Waals surface area contributed by atoms with Gasteiger partial charge in [0.15, 0.2) is 0 Å². The molecule has 1 aliphatic carbocycles. The maximum absolute atomic E-state index is 13.1. The lowest BCUT2D eigenvalue weighted by atomic mass is 9.63. The Morgan fingerprint density at radius 3 is 2.22 bits per heavy atom. The monoisotopic (exact) mass is 332 g/mol. The number of hydrogen-bond donors (Lipinski definition) is 0. The van der Waals surface area contributed by atoms with E-state index in [-0.39, 0.29) is 5.41 Å². The highest BCUT2D eigenvalue weighted by molar-refractivity contribution is 6.30. The lowest BCUT2D eigenvalue weighted by molar-refractivity contribution is -0.149. The quantitative estimate of drug-likeness (QED) is 0.846. The maximum atomic E-state index is 13.1. The van der Waals surface area contributed by atoms with E-state index in [1.807, 2.05) is 24.3 Å². The molecule has 0 aromatic heterocycles. The number of halogens is 1. The summed E-state index contributed by atoms with van der Waals surface area (Å²) in [6, 6.07) is 8.51. The SMILES string of the molecule is O=C(N1CC(N2CCCCC2)C1)C1(c2ccc(Cl)cc2)CCC1. The molecule has 1 amide bonds. The molecule has 0 radical (unpaired) electrons. The third-order valence-corrected chi connectivity index (χ3v) is 6.32. The van der Waals surface area contributed by atoms with Crippen LogP contribution in [0, 0.1) is 0 Å². The molecule has 2 heterocycles. The molecule has 3 nitrogen and oxygen atoms in total. The number of rotatable bonds is 3. The van der Waals surface area contributed by atoms with Gasteiger partial charge in [-0.2, -0.15) is 0 Å². The number of benzene rings is 1. The van der Waals surface area contributed by atoms with Crippen molar-refractivity contribution in [1.82, 2.24) is 9.80 Å². The van der Waals surface area contributed by atoms with Crippen LogP contribution >= 0.6 is 11.6 Å². The molecule has 124 valence electrons. The van der Waals surface area contributed by atoms with Crippen LogP contribution in [0.5, 0.6) is 0 Å². The van der Waals surface area contributed by atoms with Crippen molar-refractivity contribution in [2.45, 2.75) is 50.0 Å².